The second kappa shape index (κ2) is 9.98. The largest absolute Gasteiger partial charge is 0.375 e. The van der Waals surface area contributed by atoms with Crippen LogP contribution in [0.4, 0.5) is 0 Å². The first-order chi connectivity index (χ1) is 10.1. The van der Waals surface area contributed by atoms with Gasteiger partial charge in [-0.25, -0.2) is 4.74 Å². The minimum Gasteiger partial charge on any atom is -0.375 e. The van der Waals surface area contributed by atoms with Crippen LogP contribution in [-0.2, 0) is 23.1 Å². The Morgan fingerprint density at radius 2 is 1.81 bits per heavy atom. The van der Waals surface area contributed by atoms with Gasteiger partial charge in [-0.15, -0.1) is 0 Å². The molecule has 1 rings (SSSR count). The SMILES string of the molecule is CCOP(=NC[C@H]1OCC[C@H]1SC(C)=O)(OCC)OCC. The van der Waals surface area contributed by atoms with E-state index in [1.54, 1.807) is 6.92 Å². The average molecular weight is 339 g/mol. The second-order valence-electron chi connectivity index (χ2n) is 4.39. The van der Waals surface area contributed by atoms with Crippen molar-refractivity contribution in [1.29, 1.82) is 0 Å². The van der Waals surface area contributed by atoms with Crippen LogP contribution in [0.2, 0.25) is 0 Å². The molecule has 1 fully saturated rings. The van der Waals surface area contributed by atoms with Gasteiger partial charge in [-0.2, -0.15) is 0 Å². The molecule has 0 bridgehead atoms. The van der Waals surface area contributed by atoms with Crippen LogP contribution < -0.4 is 0 Å². The lowest BCUT2D eigenvalue weighted by Gasteiger charge is -2.23. The fourth-order valence-electron chi connectivity index (χ4n) is 2.05. The van der Waals surface area contributed by atoms with Gasteiger partial charge in [0, 0.05) is 18.8 Å². The highest BCUT2D eigenvalue weighted by molar-refractivity contribution is 8.14. The zero-order chi connectivity index (χ0) is 15.7. The molecule has 0 unspecified atom stereocenters. The van der Waals surface area contributed by atoms with Gasteiger partial charge < -0.3 is 18.3 Å². The van der Waals surface area contributed by atoms with Gasteiger partial charge in [0.25, 0.3) is 0 Å². The van der Waals surface area contributed by atoms with E-state index in [9.17, 15) is 4.79 Å². The van der Waals surface area contributed by atoms with Crippen molar-refractivity contribution in [2.24, 2.45) is 4.74 Å². The number of carbonyl (C=O) groups is 1. The summed E-state index contributed by atoms with van der Waals surface area (Å²) in [6.45, 7) is 9.79. The van der Waals surface area contributed by atoms with Crippen molar-refractivity contribution in [3.8, 4) is 0 Å². The van der Waals surface area contributed by atoms with Crippen molar-refractivity contribution in [3.05, 3.63) is 0 Å². The van der Waals surface area contributed by atoms with Crippen LogP contribution in [0.3, 0.4) is 0 Å². The van der Waals surface area contributed by atoms with Gasteiger partial charge in [0.1, 0.15) is 0 Å². The average Bonchev–Trinajstić information content (AvgIpc) is 2.84. The molecule has 0 amide bonds. The summed E-state index contributed by atoms with van der Waals surface area (Å²) in [6, 6.07) is 0. The van der Waals surface area contributed by atoms with Gasteiger partial charge in [0.05, 0.1) is 32.5 Å². The summed E-state index contributed by atoms with van der Waals surface area (Å²) >= 11 is 1.33. The fraction of sp³-hybridized carbons (Fsp3) is 0.923. The van der Waals surface area contributed by atoms with E-state index in [1.807, 2.05) is 20.8 Å². The Labute approximate surface area is 131 Å². The van der Waals surface area contributed by atoms with Crippen LogP contribution in [0.1, 0.15) is 34.1 Å². The van der Waals surface area contributed by atoms with Crippen LogP contribution in [-0.4, -0.2) is 49.4 Å². The van der Waals surface area contributed by atoms with E-state index >= 15 is 0 Å². The Balaban J connectivity index is 2.77. The molecule has 6 nitrogen and oxygen atoms in total. The zero-order valence-electron chi connectivity index (χ0n) is 13.2. The number of ether oxygens (including phenoxy) is 1. The number of carbonyl (C=O) groups excluding carboxylic acids is 1. The van der Waals surface area contributed by atoms with Gasteiger partial charge in [0.2, 0.25) is 0 Å². The molecule has 1 saturated heterocycles. The Morgan fingerprint density at radius 1 is 1.24 bits per heavy atom. The standard InChI is InChI=1S/C13H26NO5PS/c1-5-17-20(18-6-2,19-7-3)14-10-12-13(8-9-16-12)21-11(4)15/h12-13H,5-10H2,1-4H3/t12-,13-/m1/s1. The van der Waals surface area contributed by atoms with Crippen molar-refractivity contribution < 1.29 is 23.1 Å². The van der Waals surface area contributed by atoms with Gasteiger partial charge >= 0.3 is 7.74 Å². The predicted molar refractivity (Wildman–Crippen MR) is 85.5 cm³/mol. The molecule has 21 heavy (non-hydrogen) atoms. The minimum absolute atomic E-state index is 0.0837. The first-order valence-electron chi connectivity index (χ1n) is 7.37. The minimum atomic E-state index is -2.66. The molecule has 0 N–H and O–H groups in total. The van der Waals surface area contributed by atoms with Crippen LogP contribution in [0.25, 0.3) is 0 Å². The van der Waals surface area contributed by atoms with Gasteiger partial charge in [0.15, 0.2) is 5.12 Å². The first-order valence-corrected chi connectivity index (χ1v) is 9.74. The van der Waals surface area contributed by atoms with Crippen molar-refractivity contribution in [2.75, 3.05) is 33.0 Å². The van der Waals surface area contributed by atoms with E-state index < -0.39 is 7.74 Å². The summed E-state index contributed by atoms with van der Waals surface area (Å²) in [7, 11) is -2.66. The quantitative estimate of drug-likeness (QED) is 0.599. The third kappa shape index (κ3) is 6.38. The smallest absolute Gasteiger partial charge is 0.355 e. The molecule has 0 aromatic heterocycles. The summed E-state index contributed by atoms with van der Waals surface area (Å²) < 4.78 is 27.2. The molecule has 0 radical (unpaired) electrons. The first kappa shape index (κ1) is 19.1. The fourth-order valence-corrected chi connectivity index (χ4v) is 4.82. The molecular formula is C13H26NO5PS. The van der Waals surface area contributed by atoms with Crippen molar-refractivity contribution in [2.45, 2.75) is 45.5 Å². The molecule has 0 aromatic rings. The summed E-state index contributed by atoms with van der Waals surface area (Å²) in [5.41, 5.74) is 0. The molecule has 1 heterocycles. The van der Waals surface area contributed by atoms with Crippen molar-refractivity contribution in [3.63, 3.8) is 0 Å². The van der Waals surface area contributed by atoms with Crippen LogP contribution in [0.15, 0.2) is 4.74 Å². The number of nitrogens with zero attached hydrogens (tertiary/aromatic N) is 1. The summed E-state index contributed by atoms with van der Waals surface area (Å²) in [5, 5.41) is 0.258. The van der Waals surface area contributed by atoms with Gasteiger partial charge in [-0.1, -0.05) is 11.8 Å². The number of thioether (sulfide) groups is 1. The lowest BCUT2D eigenvalue weighted by Crippen LogP contribution is -2.23. The highest BCUT2D eigenvalue weighted by Gasteiger charge is 2.31. The predicted octanol–water partition coefficient (Wildman–Crippen LogP) is 3.48. The highest BCUT2D eigenvalue weighted by atomic mass is 32.2. The summed E-state index contributed by atoms with van der Waals surface area (Å²) in [4.78, 5) is 11.3. The van der Waals surface area contributed by atoms with Crippen LogP contribution >= 0.6 is 19.5 Å². The van der Waals surface area contributed by atoms with E-state index in [2.05, 4.69) is 4.74 Å². The number of rotatable bonds is 9. The lowest BCUT2D eigenvalue weighted by molar-refractivity contribution is -0.109. The third-order valence-electron chi connectivity index (χ3n) is 2.78. The van der Waals surface area contributed by atoms with E-state index in [0.717, 1.165) is 6.42 Å². The summed E-state index contributed by atoms with van der Waals surface area (Å²) in [5.74, 6) is 0. The molecule has 1 aliphatic heterocycles. The monoisotopic (exact) mass is 339 g/mol. The lowest BCUT2D eigenvalue weighted by atomic mass is 10.2. The zero-order valence-corrected chi connectivity index (χ0v) is 15.0. The normalized spacial score (nSPS) is 22.5. The molecule has 2 atom stereocenters. The van der Waals surface area contributed by atoms with Gasteiger partial charge in [-0.3, -0.25) is 4.79 Å². The van der Waals surface area contributed by atoms with E-state index in [1.165, 1.54) is 11.8 Å². The molecule has 0 aliphatic carbocycles. The Hall–Kier alpha value is 0.0900. The molecule has 1 aliphatic rings. The topological polar surface area (TPSA) is 66.4 Å². The number of hydrogen-bond donors (Lipinski definition) is 0. The molecule has 124 valence electrons. The molecule has 0 saturated carbocycles. The van der Waals surface area contributed by atoms with E-state index in [4.69, 9.17) is 18.3 Å². The van der Waals surface area contributed by atoms with E-state index in [0.29, 0.717) is 33.0 Å². The van der Waals surface area contributed by atoms with Crippen molar-refractivity contribution >= 4 is 24.6 Å². The van der Waals surface area contributed by atoms with Gasteiger partial charge in [-0.05, 0) is 27.2 Å². The maximum Gasteiger partial charge on any atom is 0.355 e. The molecule has 8 heteroatoms. The van der Waals surface area contributed by atoms with Crippen LogP contribution in [0, 0.1) is 0 Å². The highest BCUT2D eigenvalue weighted by Crippen LogP contribution is 2.53. The molecule has 0 spiro atoms. The van der Waals surface area contributed by atoms with E-state index in [-0.39, 0.29) is 16.5 Å². The maximum absolute atomic E-state index is 11.3. The third-order valence-corrected chi connectivity index (χ3v) is 6.21. The summed E-state index contributed by atoms with van der Waals surface area (Å²) in [6.07, 6.45) is 0.785. The number of hydrogen-bond acceptors (Lipinski definition) is 7. The maximum atomic E-state index is 11.3. The molecule has 0 aromatic carbocycles. The van der Waals surface area contributed by atoms with Crippen LogP contribution in [0.5, 0.6) is 0 Å². The second-order valence-corrected chi connectivity index (χ2v) is 7.80. The molecular weight excluding hydrogens is 313 g/mol. The Morgan fingerprint density at radius 3 is 2.29 bits per heavy atom. The van der Waals surface area contributed by atoms with Crippen molar-refractivity contribution in [1.82, 2.24) is 0 Å². The Kier molecular flexibility index (Phi) is 9.09. The Bertz CT molecular complexity index is 356.